The van der Waals surface area contributed by atoms with E-state index in [0.717, 1.165) is 6.42 Å². The van der Waals surface area contributed by atoms with E-state index in [9.17, 15) is 4.79 Å². The van der Waals surface area contributed by atoms with Gasteiger partial charge in [0.2, 0.25) is 0 Å². The number of carbonyl (C=O) groups is 1. The highest BCUT2D eigenvalue weighted by Gasteiger charge is 2.04. The first kappa shape index (κ1) is 20.9. The third-order valence-electron chi connectivity index (χ3n) is 3.28. The summed E-state index contributed by atoms with van der Waals surface area (Å²) in [6.07, 6.45) is 4.74. The van der Waals surface area contributed by atoms with Crippen molar-refractivity contribution in [3.05, 3.63) is 72.8 Å². The van der Waals surface area contributed by atoms with Crippen molar-refractivity contribution in [1.82, 2.24) is 0 Å². The maximum atomic E-state index is 9.88. The summed E-state index contributed by atoms with van der Waals surface area (Å²) in [6.45, 7) is 5.44. The minimum Gasteiger partial charge on any atom is -0.468 e. The van der Waals surface area contributed by atoms with E-state index in [-0.39, 0.29) is 0 Å². The van der Waals surface area contributed by atoms with Gasteiger partial charge in [0.15, 0.2) is 0 Å². The molecule has 2 rings (SSSR count). The molecular weight excluding hydrogens is 284 g/mol. The zero-order valence-electron chi connectivity index (χ0n) is 14.4. The standard InChI is InChI=1S/C9H18O2.2C6H6/c1-3-5-6-9(4-2)7-11-8-10;2*1-2-4-6-5-3-1/h8-9H,3-7H2,1-2H3;2*1-6H. The van der Waals surface area contributed by atoms with Crippen molar-refractivity contribution in [1.29, 1.82) is 0 Å². The first-order chi connectivity index (χ1) is 11.3. The van der Waals surface area contributed by atoms with Crippen LogP contribution in [0.2, 0.25) is 0 Å². The maximum absolute atomic E-state index is 9.88. The van der Waals surface area contributed by atoms with Gasteiger partial charge in [0, 0.05) is 0 Å². The molecule has 1 atom stereocenters. The lowest BCUT2D eigenvalue weighted by Gasteiger charge is -2.11. The molecule has 2 nitrogen and oxygen atoms in total. The molecule has 0 fully saturated rings. The summed E-state index contributed by atoms with van der Waals surface area (Å²) in [5.41, 5.74) is 0. The van der Waals surface area contributed by atoms with E-state index in [1.54, 1.807) is 0 Å². The molecule has 0 amide bonds. The quantitative estimate of drug-likeness (QED) is 0.608. The average Bonchev–Trinajstić information content (AvgIpc) is 2.66. The topological polar surface area (TPSA) is 26.3 Å². The molecule has 0 radical (unpaired) electrons. The molecule has 0 heterocycles. The van der Waals surface area contributed by atoms with Crippen molar-refractivity contribution >= 4 is 6.47 Å². The van der Waals surface area contributed by atoms with Crippen LogP contribution in [0.1, 0.15) is 39.5 Å². The zero-order valence-corrected chi connectivity index (χ0v) is 14.4. The van der Waals surface area contributed by atoms with Gasteiger partial charge in [0.05, 0.1) is 6.61 Å². The van der Waals surface area contributed by atoms with Gasteiger partial charge < -0.3 is 4.74 Å². The Morgan fingerprint density at radius 1 is 0.783 bits per heavy atom. The van der Waals surface area contributed by atoms with Crippen LogP contribution in [-0.4, -0.2) is 13.1 Å². The van der Waals surface area contributed by atoms with Crippen molar-refractivity contribution in [2.75, 3.05) is 6.61 Å². The molecule has 0 bridgehead atoms. The molecule has 23 heavy (non-hydrogen) atoms. The van der Waals surface area contributed by atoms with Gasteiger partial charge in [0.25, 0.3) is 6.47 Å². The lowest BCUT2D eigenvalue weighted by molar-refractivity contribution is -0.130. The van der Waals surface area contributed by atoms with Gasteiger partial charge in [-0.2, -0.15) is 0 Å². The number of rotatable bonds is 7. The highest BCUT2D eigenvalue weighted by Crippen LogP contribution is 2.11. The van der Waals surface area contributed by atoms with E-state index in [2.05, 4.69) is 13.8 Å². The molecule has 2 aromatic rings. The van der Waals surface area contributed by atoms with E-state index in [0.29, 0.717) is 19.0 Å². The lowest BCUT2D eigenvalue weighted by Crippen LogP contribution is -2.07. The van der Waals surface area contributed by atoms with E-state index in [1.807, 2.05) is 72.8 Å². The molecule has 0 spiro atoms. The largest absolute Gasteiger partial charge is 0.468 e. The average molecular weight is 314 g/mol. The molecule has 2 heteroatoms. The van der Waals surface area contributed by atoms with Crippen LogP contribution in [-0.2, 0) is 9.53 Å². The normalized spacial score (nSPS) is 10.2. The van der Waals surface area contributed by atoms with Crippen molar-refractivity contribution < 1.29 is 9.53 Å². The van der Waals surface area contributed by atoms with Crippen molar-refractivity contribution in [2.24, 2.45) is 5.92 Å². The number of hydrogen-bond donors (Lipinski definition) is 0. The second-order valence-corrected chi connectivity index (χ2v) is 5.16. The molecule has 0 aliphatic rings. The summed E-state index contributed by atoms with van der Waals surface area (Å²) in [5.74, 6) is 0.570. The Balaban J connectivity index is 0.000000339. The van der Waals surface area contributed by atoms with Gasteiger partial charge in [-0.3, -0.25) is 4.79 Å². The summed E-state index contributed by atoms with van der Waals surface area (Å²) in [6, 6.07) is 24.0. The van der Waals surface area contributed by atoms with E-state index >= 15 is 0 Å². The second-order valence-electron chi connectivity index (χ2n) is 5.16. The lowest BCUT2D eigenvalue weighted by atomic mass is 10.0. The van der Waals surface area contributed by atoms with Crippen LogP contribution >= 0.6 is 0 Å². The molecule has 1 unspecified atom stereocenters. The molecule has 2 aromatic carbocycles. The Labute approximate surface area is 141 Å². The number of carbonyl (C=O) groups excluding carboxylic acids is 1. The van der Waals surface area contributed by atoms with Gasteiger partial charge in [-0.05, 0) is 12.3 Å². The molecule has 0 aliphatic carbocycles. The Morgan fingerprint density at radius 3 is 1.43 bits per heavy atom. The Bertz CT molecular complexity index is 343. The highest BCUT2D eigenvalue weighted by atomic mass is 16.5. The van der Waals surface area contributed by atoms with Gasteiger partial charge in [-0.25, -0.2) is 0 Å². The molecule has 0 N–H and O–H groups in total. The third kappa shape index (κ3) is 16.1. The van der Waals surface area contributed by atoms with Crippen LogP contribution in [0.5, 0.6) is 0 Å². The summed E-state index contributed by atoms with van der Waals surface area (Å²) in [5, 5.41) is 0. The number of ether oxygens (including phenoxy) is 1. The van der Waals surface area contributed by atoms with Gasteiger partial charge in [0.1, 0.15) is 0 Å². The molecule has 0 saturated heterocycles. The van der Waals surface area contributed by atoms with E-state index in [1.165, 1.54) is 19.3 Å². The first-order valence-electron chi connectivity index (χ1n) is 8.40. The third-order valence-corrected chi connectivity index (χ3v) is 3.28. The minimum atomic E-state index is 0.536. The SMILES string of the molecule is CCCCC(CC)COC=O.c1ccccc1.c1ccccc1. The summed E-state index contributed by atoms with van der Waals surface area (Å²) >= 11 is 0. The predicted octanol–water partition coefficient (Wildman–Crippen LogP) is 5.75. The van der Waals surface area contributed by atoms with E-state index < -0.39 is 0 Å². The minimum absolute atomic E-state index is 0.536. The summed E-state index contributed by atoms with van der Waals surface area (Å²) in [7, 11) is 0. The number of benzene rings is 2. The number of hydrogen-bond acceptors (Lipinski definition) is 2. The molecular formula is C21H30O2. The van der Waals surface area contributed by atoms with Crippen molar-refractivity contribution in [3.63, 3.8) is 0 Å². The Hall–Kier alpha value is -2.09. The molecule has 126 valence electrons. The Kier molecular flexibility index (Phi) is 16.3. The van der Waals surface area contributed by atoms with Gasteiger partial charge >= 0.3 is 0 Å². The molecule has 0 saturated carbocycles. The summed E-state index contributed by atoms with van der Waals surface area (Å²) in [4.78, 5) is 9.88. The fourth-order valence-corrected chi connectivity index (χ4v) is 1.84. The molecule has 0 aliphatic heterocycles. The fraction of sp³-hybridized carbons (Fsp3) is 0.381. The van der Waals surface area contributed by atoms with Crippen LogP contribution in [0.3, 0.4) is 0 Å². The summed E-state index contributed by atoms with van der Waals surface area (Å²) < 4.78 is 4.70. The maximum Gasteiger partial charge on any atom is 0.293 e. The van der Waals surface area contributed by atoms with Crippen LogP contribution in [0.4, 0.5) is 0 Å². The van der Waals surface area contributed by atoms with Crippen molar-refractivity contribution in [2.45, 2.75) is 39.5 Å². The van der Waals surface area contributed by atoms with Crippen LogP contribution < -0.4 is 0 Å². The fourth-order valence-electron chi connectivity index (χ4n) is 1.84. The zero-order chi connectivity index (χ0) is 17.0. The molecule has 0 aromatic heterocycles. The number of unbranched alkanes of at least 4 members (excludes halogenated alkanes) is 1. The van der Waals surface area contributed by atoms with Crippen LogP contribution in [0.25, 0.3) is 0 Å². The Morgan fingerprint density at radius 2 is 1.17 bits per heavy atom. The van der Waals surface area contributed by atoms with Gasteiger partial charge in [-0.1, -0.05) is 106 Å². The van der Waals surface area contributed by atoms with Crippen LogP contribution in [0.15, 0.2) is 72.8 Å². The van der Waals surface area contributed by atoms with Crippen molar-refractivity contribution in [3.8, 4) is 0 Å². The van der Waals surface area contributed by atoms with E-state index in [4.69, 9.17) is 4.74 Å². The first-order valence-corrected chi connectivity index (χ1v) is 8.40. The van der Waals surface area contributed by atoms with Gasteiger partial charge in [-0.15, -0.1) is 0 Å². The monoisotopic (exact) mass is 314 g/mol. The van der Waals surface area contributed by atoms with Crippen LogP contribution in [0, 0.1) is 5.92 Å². The second kappa shape index (κ2) is 18.0. The highest BCUT2D eigenvalue weighted by molar-refractivity contribution is 5.36. The smallest absolute Gasteiger partial charge is 0.293 e. The predicted molar refractivity (Wildman–Crippen MR) is 98.2 cm³/mol.